The van der Waals surface area contributed by atoms with Crippen LogP contribution in [-0.2, 0) is 16.1 Å². The van der Waals surface area contributed by atoms with E-state index >= 15 is 0 Å². The van der Waals surface area contributed by atoms with Gasteiger partial charge in [-0.1, -0.05) is 6.58 Å². The first-order valence-corrected chi connectivity index (χ1v) is 6.01. The Kier molecular flexibility index (Phi) is 3.76. The summed E-state index contributed by atoms with van der Waals surface area (Å²) in [6.45, 7) is 9.64. The normalized spacial score (nSPS) is 19.9. The molecule has 2 rings (SSSR count). The highest BCUT2D eigenvalue weighted by atomic mass is 16.5. The van der Waals surface area contributed by atoms with Crippen LogP contribution >= 0.6 is 0 Å². The number of ether oxygens (including phenoxy) is 1. The van der Waals surface area contributed by atoms with Crippen LogP contribution in [-0.4, -0.2) is 51.4 Å². The molecule has 0 spiro atoms. The highest BCUT2D eigenvalue weighted by molar-refractivity contribution is 5.87. The monoisotopic (exact) mass is 250 g/mol. The molecule has 1 fully saturated rings. The Morgan fingerprint density at radius 3 is 3.00 bits per heavy atom. The molecule has 0 aliphatic carbocycles. The van der Waals surface area contributed by atoms with Crippen LogP contribution in [0.25, 0.3) is 0 Å². The summed E-state index contributed by atoms with van der Waals surface area (Å²) in [5, 5.41) is 4.30. The van der Waals surface area contributed by atoms with Crippen molar-refractivity contribution in [3.63, 3.8) is 0 Å². The van der Waals surface area contributed by atoms with Gasteiger partial charge in [0.05, 0.1) is 19.3 Å². The van der Waals surface area contributed by atoms with Gasteiger partial charge in [-0.25, -0.2) is 9.67 Å². The van der Waals surface area contributed by atoms with Crippen molar-refractivity contribution in [2.75, 3.05) is 19.7 Å². The van der Waals surface area contributed by atoms with Crippen LogP contribution in [0.5, 0.6) is 0 Å². The van der Waals surface area contributed by atoms with Crippen molar-refractivity contribution < 1.29 is 9.53 Å². The molecule has 6 heteroatoms. The summed E-state index contributed by atoms with van der Waals surface area (Å²) in [5.74, 6) is 1.57. The van der Waals surface area contributed by atoms with E-state index in [4.69, 9.17) is 4.74 Å². The predicted molar refractivity (Wildman–Crippen MR) is 66.0 cm³/mol. The fraction of sp³-hybridized carbons (Fsp3) is 0.583. The van der Waals surface area contributed by atoms with Crippen LogP contribution in [0.2, 0.25) is 0 Å². The lowest BCUT2D eigenvalue weighted by molar-refractivity contribution is -0.134. The SMILES string of the molecule is C=CC(=O)N1CCOC(Cn2nc(C)nc2C)C1. The number of amides is 1. The van der Waals surface area contributed by atoms with Crippen LogP contribution in [0.15, 0.2) is 12.7 Å². The van der Waals surface area contributed by atoms with Crippen molar-refractivity contribution in [3.05, 3.63) is 24.3 Å². The van der Waals surface area contributed by atoms with Gasteiger partial charge in [0.1, 0.15) is 11.6 Å². The van der Waals surface area contributed by atoms with E-state index < -0.39 is 0 Å². The summed E-state index contributed by atoms with van der Waals surface area (Å²) >= 11 is 0. The molecule has 1 aromatic heterocycles. The van der Waals surface area contributed by atoms with Crippen molar-refractivity contribution in [2.45, 2.75) is 26.5 Å². The third-order valence-corrected chi connectivity index (χ3v) is 2.96. The summed E-state index contributed by atoms with van der Waals surface area (Å²) in [7, 11) is 0. The van der Waals surface area contributed by atoms with Gasteiger partial charge in [0.25, 0.3) is 0 Å². The number of nitrogens with zero attached hydrogens (tertiary/aromatic N) is 4. The number of rotatable bonds is 3. The highest BCUT2D eigenvalue weighted by Crippen LogP contribution is 2.09. The van der Waals surface area contributed by atoms with Crippen molar-refractivity contribution in [2.24, 2.45) is 0 Å². The Balaban J connectivity index is 1.99. The molecule has 1 aliphatic rings. The van der Waals surface area contributed by atoms with E-state index in [2.05, 4.69) is 16.7 Å². The molecule has 0 N–H and O–H groups in total. The molecule has 2 heterocycles. The zero-order chi connectivity index (χ0) is 13.1. The Labute approximate surface area is 106 Å². The van der Waals surface area contributed by atoms with E-state index in [0.717, 1.165) is 11.6 Å². The Morgan fingerprint density at radius 2 is 2.39 bits per heavy atom. The minimum Gasteiger partial charge on any atom is -0.373 e. The first kappa shape index (κ1) is 12.8. The number of carbonyl (C=O) groups is 1. The van der Waals surface area contributed by atoms with Crippen LogP contribution < -0.4 is 0 Å². The lowest BCUT2D eigenvalue weighted by Gasteiger charge is -2.32. The number of aryl methyl sites for hydroxylation is 2. The molecule has 0 bridgehead atoms. The van der Waals surface area contributed by atoms with E-state index in [9.17, 15) is 4.79 Å². The molecular formula is C12H18N4O2. The third-order valence-electron chi connectivity index (χ3n) is 2.96. The molecule has 1 saturated heterocycles. The van der Waals surface area contributed by atoms with Gasteiger partial charge >= 0.3 is 0 Å². The largest absolute Gasteiger partial charge is 0.373 e. The van der Waals surface area contributed by atoms with Gasteiger partial charge in [-0.2, -0.15) is 5.10 Å². The second-order valence-electron chi connectivity index (χ2n) is 4.37. The van der Waals surface area contributed by atoms with Crippen LogP contribution in [0.3, 0.4) is 0 Å². The van der Waals surface area contributed by atoms with Gasteiger partial charge in [-0.15, -0.1) is 0 Å². The summed E-state index contributed by atoms with van der Waals surface area (Å²) in [6, 6.07) is 0. The standard InChI is InChI=1S/C12H18N4O2/c1-4-12(17)15-5-6-18-11(7-15)8-16-10(3)13-9(2)14-16/h4,11H,1,5-8H2,2-3H3. The van der Waals surface area contributed by atoms with Gasteiger partial charge in [0, 0.05) is 13.1 Å². The minimum absolute atomic E-state index is 0.0394. The molecule has 0 saturated carbocycles. The maximum Gasteiger partial charge on any atom is 0.246 e. The van der Waals surface area contributed by atoms with Gasteiger partial charge in [0.2, 0.25) is 5.91 Å². The first-order valence-electron chi connectivity index (χ1n) is 6.01. The second-order valence-corrected chi connectivity index (χ2v) is 4.37. The average molecular weight is 250 g/mol. The molecule has 98 valence electrons. The van der Waals surface area contributed by atoms with Crippen LogP contribution in [0.1, 0.15) is 11.6 Å². The van der Waals surface area contributed by atoms with E-state index in [1.54, 1.807) is 4.90 Å². The van der Waals surface area contributed by atoms with E-state index in [0.29, 0.717) is 26.2 Å². The van der Waals surface area contributed by atoms with Crippen LogP contribution in [0.4, 0.5) is 0 Å². The topological polar surface area (TPSA) is 60.2 Å². The average Bonchev–Trinajstić information content (AvgIpc) is 2.67. The zero-order valence-corrected chi connectivity index (χ0v) is 10.8. The Morgan fingerprint density at radius 1 is 1.61 bits per heavy atom. The third kappa shape index (κ3) is 2.76. The maximum atomic E-state index is 11.6. The minimum atomic E-state index is -0.0465. The van der Waals surface area contributed by atoms with Crippen molar-refractivity contribution in [1.82, 2.24) is 19.7 Å². The van der Waals surface area contributed by atoms with Gasteiger partial charge in [-0.3, -0.25) is 4.79 Å². The highest BCUT2D eigenvalue weighted by Gasteiger charge is 2.23. The summed E-state index contributed by atoms with van der Waals surface area (Å²) in [4.78, 5) is 17.6. The maximum absolute atomic E-state index is 11.6. The summed E-state index contributed by atoms with van der Waals surface area (Å²) < 4.78 is 7.48. The first-order chi connectivity index (χ1) is 8.60. The summed E-state index contributed by atoms with van der Waals surface area (Å²) in [5.41, 5.74) is 0. The number of aromatic nitrogens is 3. The molecule has 1 aliphatic heterocycles. The number of hydrogen-bond acceptors (Lipinski definition) is 4. The Hall–Kier alpha value is -1.69. The molecule has 0 aromatic carbocycles. The van der Waals surface area contributed by atoms with Crippen LogP contribution in [0, 0.1) is 13.8 Å². The number of hydrogen-bond donors (Lipinski definition) is 0. The smallest absolute Gasteiger partial charge is 0.246 e. The molecule has 6 nitrogen and oxygen atoms in total. The lowest BCUT2D eigenvalue weighted by Crippen LogP contribution is -2.46. The molecular weight excluding hydrogens is 232 g/mol. The van der Waals surface area contributed by atoms with Crippen molar-refractivity contribution in [1.29, 1.82) is 0 Å². The van der Waals surface area contributed by atoms with Gasteiger partial charge in [0.15, 0.2) is 0 Å². The van der Waals surface area contributed by atoms with E-state index in [1.165, 1.54) is 6.08 Å². The number of carbonyl (C=O) groups excluding carboxylic acids is 1. The van der Waals surface area contributed by atoms with E-state index in [-0.39, 0.29) is 12.0 Å². The molecule has 1 atom stereocenters. The molecule has 18 heavy (non-hydrogen) atoms. The fourth-order valence-corrected chi connectivity index (χ4v) is 2.09. The fourth-order valence-electron chi connectivity index (χ4n) is 2.09. The van der Waals surface area contributed by atoms with Gasteiger partial charge < -0.3 is 9.64 Å². The molecule has 0 radical (unpaired) electrons. The summed E-state index contributed by atoms with van der Waals surface area (Å²) in [6.07, 6.45) is 1.30. The van der Waals surface area contributed by atoms with Gasteiger partial charge in [-0.05, 0) is 19.9 Å². The Bertz CT molecular complexity index is 455. The predicted octanol–water partition coefficient (Wildman–Crippen LogP) is 0.308. The van der Waals surface area contributed by atoms with Crippen molar-refractivity contribution >= 4 is 5.91 Å². The molecule has 1 aromatic rings. The molecule has 1 unspecified atom stereocenters. The van der Waals surface area contributed by atoms with Crippen molar-refractivity contribution in [3.8, 4) is 0 Å². The lowest BCUT2D eigenvalue weighted by atomic mass is 10.2. The molecule has 1 amide bonds. The quantitative estimate of drug-likeness (QED) is 0.724. The second kappa shape index (κ2) is 5.30. The zero-order valence-electron chi connectivity index (χ0n) is 10.8. The number of morpholine rings is 1. The van der Waals surface area contributed by atoms with E-state index in [1.807, 2.05) is 18.5 Å².